The molecule has 0 unspecified atom stereocenters. The smallest absolute Gasteiger partial charge is 0.271 e. The van der Waals surface area contributed by atoms with Gasteiger partial charge in [0.15, 0.2) is 6.61 Å². The molecule has 0 fully saturated rings. The van der Waals surface area contributed by atoms with E-state index in [9.17, 15) is 17.6 Å². The number of aryl methyl sites for hydroxylation is 2. The number of nitrogens with one attached hydrogen (secondary N) is 1. The quantitative estimate of drug-likeness (QED) is 0.728. The predicted octanol–water partition coefficient (Wildman–Crippen LogP) is 3.48. The Bertz CT molecular complexity index is 1130. The fourth-order valence-corrected chi connectivity index (χ4v) is 3.97. The Morgan fingerprint density at radius 2 is 1.70 bits per heavy atom. The molecule has 0 aliphatic heterocycles. The van der Waals surface area contributed by atoms with E-state index in [-0.39, 0.29) is 10.7 Å². The lowest BCUT2D eigenvalue weighted by Gasteiger charge is -2.11. The molecule has 5 nitrogen and oxygen atoms in total. The summed E-state index contributed by atoms with van der Waals surface area (Å²) in [5.74, 6) is -0.741. The number of halogens is 1. The van der Waals surface area contributed by atoms with Crippen molar-refractivity contribution in [2.24, 2.45) is 0 Å². The molecule has 0 saturated heterocycles. The predicted molar refractivity (Wildman–Crippen MR) is 101 cm³/mol. The van der Waals surface area contributed by atoms with Crippen molar-refractivity contribution >= 4 is 26.7 Å². The van der Waals surface area contributed by atoms with Crippen LogP contribution in [0.1, 0.15) is 11.1 Å². The highest BCUT2D eigenvalue weighted by Gasteiger charge is 2.20. The molecule has 3 aromatic rings. The van der Waals surface area contributed by atoms with Crippen LogP contribution < -0.4 is 9.46 Å². The summed E-state index contributed by atoms with van der Waals surface area (Å²) >= 11 is 0. The minimum Gasteiger partial charge on any atom is -0.484 e. The molecule has 0 aliphatic rings. The van der Waals surface area contributed by atoms with Crippen LogP contribution in [0.3, 0.4) is 0 Å². The minimum absolute atomic E-state index is 0.0502. The number of carbonyl (C=O) groups excluding carboxylic acids is 1. The molecule has 7 heteroatoms. The van der Waals surface area contributed by atoms with E-state index >= 15 is 0 Å². The average molecular weight is 387 g/mol. The highest BCUT2D eigenvalue weighted by molar-refractivity contribution is 7.90. The first-order chi connectivity index (χ1) is 12.7. The number of rotatable bonds is 5. The number of ether oxygens (including phenoxy) is 1. The molecule has 27 heavy (non-hydrogen) atoms. The van der Waals surface area contributed by atoms with Crippen molar-refractivity contribution in [3.05, 3.63) is 71.5 Å². The van der Waals surface area contributed by atoms with E-state index in [0.717, 1.165) is 10.9 Å². The second-order valence-electron chi connectivity index (χ2n) is 6.24. The Labute approximate surface area is 156 Å². The van der Waals surface area contributed by atoms with Crippen LogP contribution in [0.15, 0.2) is 59.5 Å². The van der Waals surface area contributed by atoms with Crippen LogP contribution in [0.25, 0.3) is 10.8 Å². The first-order valence-corrected chi connectivity index (χ1v) is 9.68. The minimum atomic E-state index is -3.97. The summed E-state index contributed by atoms with van der Waals surface area (Å²) < 4.78 is 45.3. The number of amides is 1. The number of sulfonamides is 1. The standard InChI is InChI=1S/C20H18FNO4S/c1-13-3-8-19(14(2)9-13)27(24,25)22-20(23)12-26-18-7-5-15-10-17(21)6-4-16(15)11-18/h3-11H,12H2,1-2H3,(H,22,23). The molecule has 1 N–H and O–H groups in total. The van der Waals surface area contributed by atoms with Crippen molar-refractivity contribution < 1.29 is 22.3 Å². The first-order valence-electron chi connectivity index (χ1n) is 8.20. The van der Waals surface area contributed by atoms with Crippen LogP contribution in [-0.2, 0) is 14.8 Å². The Hall–Kier alpha value is -2.93. The van der Waals surface area contributed by atoms with Crippen molar-refractivity contribution in [3.63, 3.8) is 0 Å². The van der Waals surface area contributed by atoms with E-state index in [1.807, 2.05) is 11.6 Å². The van der Waals surface area contributed by atoms with E-state index in [1.54, 1.807) is 43.3 Å². The van der Waals surface area contributed by atoms with Crippen molar-refractivity contribution in [1.82, 2.24) is 4.72 Å². The zero-order valence-electron chi connectivity index (χ0n) is 14.8. The maximum Gasteiger partial charge on any atom is 0.271 e. The lowest BCUT2D eigenvalue weighted by atomic mass is 10.1. The van der Waals surface area contributed by atoms with Gasteiger partial charge in [-0.3, -0.25) is 4.79 Å². The number of hydrogen-bond donors (Lipinski definition) is 1. The van der Waals surface area contributed by atoms with Crippen LogP contribution in [0.5, 0.6) is 5.75 Å². The third kappa shape index (κ3) is 4.43. The van der Waals surface area contributed by atoms with Gasteiger partial charge in [-0.2, -0.15) is 0 Å². The number of carbonyl (C=O) groups is 1. The molecule has 0 bridgehead atoms. The first kappa shape index (κ1) is 18.8. The lowest BCUT2D eigenvalue weighted by Crippen LogP contribution is -2.34. The molecular weight excluding hydrogens is 369 g/mol. The van der Waals surface area contributed by atoms with Crippen molar-refractivity contribution in [2.75, 3.05) is 6.61 Å². The van der Waals surface area contributed by atoms with Crippen LogP contribution in [-0.4, -0.2) is 20.9 Å². The average Bonchev–Trinajstić information content (AvgIpc) is 2.59. The number of benzene rings is 3. The van der Waals surface area contributed by atoms with Gasteiger partial charge in [-0.25, -0.2) is 17.5 Å². The molecule has 0 radical (unpaired) electrons. The summed E-state index contributed by atoms with van der Waals surface area (Å²) in [6, 6.07) is 14.1. The maximum absolute atomic E-state index is 13.2. The summed E-state index contributed by atoms with van der Waals surface area (Å²) in [6.45, 7) is 3.06. The highest BCUT2D eigenvalue weighted by atomic mass is 32.2. The number of hydrogen-bond acceptors (Lipinski definition) is 4. The molecule has 0 atom stereocenters. The van der Waals surface area contributed by atoms with Gasteiger partial charge in [-0.1, -0.05) is 29.8 Å². The van der Waals surface area contributed by atoms with E-state index in [1.165, 1.54) is 18.2 Å². The summed E-state index contributed by atoms with van der Waals surface area (Å²) in [7, 11) is -3.97. The van der Waals surface area contributed by atoms with Gasteiger partial charge in [0.25, 0.3) is 15.9 Å². The van der Waals surface area contributed by atoms with Gasteiger partial charge in [0.05, 0.1) is 4.90 Å². The molecule has 0 aliphatic carbocycles. The van der Waals surface area contributed by atoms with Gasteiger partial charge < -0.3 is 4.74 Å². The van der Waals surface area contributed by atoms with Gasteiger partial charge in [-0.15, -0.1) is 0 Å². The monoisotopic (exact) mass is 387 g/mol. The summed E-state index contributed by atoms with van der Waals surface area (Å²) in [4.78, 5) is 12.1. The number of fused-ring (bicyclic) bond motifs is 1. The molecule has 140 valence electrons. The van der Waals surface area contributed by atoms with Crippen LogP contribution in [0, 0.1) is 19.7 Å². The molecule has 3 aromatic carbocycles. The van der Waals surface area contributed by atoms with E-state index in [2.05, 4.69) is 0 Å². The lowest BCUT2D eigenvalue weighted by molar-refractivity contribution is -0.121. The zero-order valence-corrected chi connectivity index (χ0v) is 15.6. The SMILES string of the molecule is Cc1ccc(S(=O)(=O)NC(=O)COc2ccc3cc(F)ccc3c2)c(C)c1. The fraction of sp³-hybridized carbons (Fsp3) is 0.150. The molecule has 1 amide bonds. The van der Waals surface area contributed by atoms with Gasteiger partial charge >= 0.3 is 0 Å². The molecular formula is C20H18FNO4S. The summed E-state index contributed by atoms with van der Waals surface area (Å²) in [6.07, 6.45) is 0. The normalized spacial score (nSPS) is 11.4. The van der Waals surface area contributed by atoms with Gasteiger partial charge in [0.2, 0.25) is 0 Å². The Balaban J connectivity index is 1.68. The third-order valence-corrected chi connectivity index (χ3v) is 5.55. The molecule has 0 heterocycles. The Kier molecular flexibility index (Phi) is 5.14. The third-order valence-electron chi connectivity index (χ3n) is 4.01. The maximum atomic E-state index is 13.2. The highest BCUT2D eigenvalue weighted by Crippen LogP contribution is 2.22. The molecule has 0 saturated carbocycles. The Morgan fingerprint density at radius 1 is 1.00 bits per heavy atom. The second kappa shape index (κ2) is 7.36. The van der Waals surface area contributed by atoms with Crippen LogP contribution >= 0.6 is 0 Å². The molecule has 0 spiro atoms. The van der Waals surface area contributed by atoms with E-state index in [4.69, 9.17) is 4.74 Å². The topological polar surface area (TPSA) is 72.5 Å². The van der Waals surface area contributed by atoms with Gasteiger partial charge in [-0.05, 0) is 60.5 Å². The molecule has 3 rings (SSSR count). The Morgan fingerprint density at radius 3 is 2.44 bits per heavy atom. The van der Waals surface area contributed by atoms with Crippen molar-refractivity contribution in [3.8, 4) is 5.75 Å². The fourth-order valence-electron chi connectivity index (χ4n) is 2.77. The van der Waals surface area contributed by atoms with Crippen LogP contribution in [0.2, 0.25) is 0 Å². The van der Waals surface area contributed by atoms with Gasteiger partial charge in [0, 0.05) is 0 Å². The van der Waals surface area contributed by atoms with E-state index < -0.39 is 22.5 Å². The molecule has 0 aromatic heterocycles. The summed E-state index contributed by atoms with van der Waals surface area (Å²) in [5, 5.41) is 1.45. The van der Waals surface area contributed by atoms with Crippen LogP contribution in [0.4, 0.5) is 4.39 Å². The summed E-state index contributed by atoms with van der Waals surface area (Å²) in [5.41, 5.74) is 1.48. The second-order valence-corrected chi connectivity index (χ2v) is 7.89. The van der Waals surface area contributed by atoms with Crippen molar-refractivity contribution in [2.45, 2.75) is 18.7 Å². The van der Waals surface area contributed by atoms with E-state index in [0.29, 0.717) is 16.7 Å². The largest absolute Gasteiger partial charge is 0.484 e. The van der Waals surface area contributed by atoms with Gasteiger partial charge in [0.1, 0.15) is 11.6 Å². The zero-order chi connectivity index (χ0) is 19.6. The van der Waals surface area contributed by atoms with Crippen molar-refractivity contribution in [1.29, 1.82) is 0 Å².